The molecule has 0 aromatic carbocycles. The molecule has 2 unspecified atom stereocenters. The number of hydrogen-bond acceptors (Lipinski definition) is 7. The summed E-state index contributed by atoms with van der Waals surface area (Å²) >= 11 is 0. The first-order valence-corrected chi connectivity index (χ1v) is 20.4. The van der Waals surface area contributed by atoms with Crippen molar-refractivity contribution in [2.24, 2.45) is 39.2 Å². The third kappa shape index (κ3) is 7.20. The number of piperazine rings is 1. The number of nitrogens with one attached hydrogen (secondary N) is 3. The van der Waals surface area contributed by atoms with Crippen LogP contribution in [0.15, 0.2) is 0 Å². The fourth-order valence-corrected chi connectivity index (χ4v) is 11.0. The van der Waals surface area contributed by atoms with Gasteiger partial charge in [-0.3, -0.25) is 24.0 Å². The van der Waals surface area contributed by atoms with Crippen molar-refractivity contribution in [3.05, 3.63) is 0 Å². The Bertz CT molecular complexity index is 1450. The van der Waals surface area contributed by atoms with Crippen molar-refractivity contribution < 1.29 is 28.8 Å². The van der Waals surface area contributed by atoms with E-state index in [2.05, 4.69) is 34.7 Å². The van der Waals surface area contributed by atoms with Crippen molar-refractivity contribution in [2.45, 2.75) is 142 Å². The molecule has 5 N–H and O–H groups in total. The van der Waals surface area contributed by atoms with Gasteiger partial charge in [0.1, 0.15) is 18.1 Å². The van der Waals surface area contributed by atoms with Crippen LogP contribution >= 0.6 is 0 Å². The lowest BCUT2D eigenvalue weighted by atomic mass is 9.73. The molecule has 4 saturated carbocycles. The standard InChI is InChI=1S/C40H65N7O6/c1-37(2,3)31(44-36(53)43-29(26-14-8-7-9-15-26)34(51)46-20-18-45(6)19-21-46)35(52)47-24-40(38(4,5)39(40)16-11-17-39)23-28(47)33(50)42-27(30(48)32(41)49)22-25-12-10-13-25/h25-29,31H,7-24H2,1-6H3,(H2,41,49)(H,42,50)(H2,43,44,53)/t27?,28-,29-,31-,40?/m0/s1. The fourth-order valence-electron chi connectivity index (χ4n) is 11.0. The molecule has 0 aromatic rings. The Morgan fingerprint density at radius 3 is 1.94 bits per heavy atom. The first kappa shape index (κ1) is 39.5. The number of carbonyl (C=O) groups excluding carboxylic acids is 6. The Hall–Kier alpha value is -3.22. The molecule has 0 radical (unpaired) electrons. The number of likely N-dealkylation sites (N-methyl/N-ethyl adjacent to an activating group) is 1. The number of ketones is 1. The Kier molecular flexibility index (Phi) is 11.0. The second kappa shape index (κ2) is 14.8. The number of fused-ring (bicyclic) bond motifs is 1. The molecular weight excluding hydrogens is 674 g/mol. The van der Waals surface area contributed by atoms with E-state index >= 15 is 0 Å². The van der Waals surface area contributed by atoms with E-state index in [4.69, 9.17) is 5.73 Å². The van der Waals surface area contributed by atoms with Crippen LogP contribution in [0.4, 0.5) is 4.79 Å². The highest BCUT2D eigenvalue weighted by molar-refractivity contribution is 6.37. The average molecular weight is 740 g/mol. The van der Waals surface area contributed by atoms with E-state index in [1.54, 1.807) is 4.90 Å². The van der Waals surface area contributed by atoms with Crippen molar-refractivity contribution in [2.75, 3.05) is 39.8 Å². The molecule has 6 rings (SSSR count). The molecule has 6 aliphatic rings. The van der Waals surface area contributed by atoms with Gasteiger partial charge in [0.2, 0.25) is 23.5 Å². The maximum Gasteiger partial charge on any atom is 0.316 e. The molecule has 296 valence electrons. The quantitative estimate of drug-likeness (QED) is 0.236. The van der Waals surface area contributed by atoms with Gasteiger partial charge in [0, 0.05) is 38.1 Å². The molecule has 13 heteroatoms. The number of likely N-dealkylation sites (tertiary alicyclic amines) is 1. The number of carbonyl (C=O) groups is 6. The van der Waals surface area contributed by atoms with E-state index in [1.807, 2.05) is 32.7 Å². The molecule has 4 aliphatic carbocycles. The zero-order valence-electron chi connectivity index (χ0n) is 33.1. The highest BCUT2D eigenvalue weighted by atomic mass is 16.2. The molecule has 5 atom stereocenters. The molecule has 6 amide bonds. The predicted molar refractivity (Wildman–Crippen MR) is 200 cm³/mol. The molecule has 0 bridgehead atoms. The van der Waals surface area contributed by atoms with Gasteiger partial charge in [-0.25, -0.2) is 4.79 Å². The molecule has 2 aliphatic heterocycles. The number of urea groups is 1. The minimum Gasteiger partial charge on any atom is -0.363 e. The Morgan fingerprint density at radius 2 is 1.43 bits per heavy atom. The third-order valence-electron chi connectivity index (χ3n) is 14.9. The third-order valence-corrected chi connectivity index (χ3v) is 14.9. The van der Waals surface area contributed by atoms with E-state index in [0.29, 0.717) is 32.5 Å². The molecule has 2 heterocycles. The lowest BCUT2D eigenvalue weighted by molar-refractivity contribution is -0.143. The minimum atomic E-state index is -1.08. The molecule has 13 nitrogen and oxygen atoms in total. The minimum absolute atomic E-state index is 0.0173. The summed E-state index contributed by atoms with van der Waals surface area (Å²) in [4.78, 5) is 87.9. The van der Waals surface area contributed by atoms with Crippen molar-refractivity contribution in [3.8, 4) is 0 Å². The average Bonchev–Trinajstić information content (AvgIpc) is 3.28. The number of Topliss-reactive ketones (excluding diaryl/α,β-unsaturated/α-hetero) is 1. The maximum absolute atomic E-state index is 14.9. The summed E-state index contributed by atoms with van der Waals surface area (Å²) in [7, 11) is 2.04. The SMILES string of the molecule is CN1CCN(C(=O)[C@@H](NC(=O)N[C@@H](C(=O)N2CC3(C[C@H]2C(=O)NC(CC2CCC2)C(=O)C(N)=O)C(C)(C)C32CCC2)C(C)(C)C)C2CCCCC2)CC1. The van der Waals surface area contributed by atoms with Crippen LogP contribution in [0.1, 0.15) is 118 Å². The molecule has 2 saturated heterocycles. The number of hydrogen-bond donors (Lipinski definition) is 4. The summed E-state index contributed by atoms with van der Waals surface area (Å²) < 4.78 is 0. The van der Waals surface area contributed by atoms with Gasteiger partial charge >= 0.3 is 6.03 Å². The fraction of sp³-hybridized carbons (Fsp3) is 0.850. The van der Waals surface area contributed by atoms with E-state index in [9.17, 15) is 28.8 Å². The summed E-state index contributed by atoms with van der Waals surface area (Å²) in [5.74, 6) is -2.54. The van der Waals surface area contributed by atoms with Crippen LogP contribution in [-0.2, 0) is 24.0 Å². The van der Waals surface area contributed by atoms with Gasteiger partial charge in [-0.2, -0.15) is 0 Å². The van der Waals surface area contributed by atoms with Crippen LogP contribution in [0.2, 0.25) is 0 Å². The highest BCUT2D eigenvalue weighted by Crippen LogP contribution is 2.88. The summed E-state index contributed by atoms with van der Waals surface area (Å²) in [5, 5.41) is 8.91. The summed E-state index contributed by atoms with van der Waals surface area (Å²) in [6.07, 6.45) is 11.7. The lowest BCUT2D eigenvalue weighted by Gasteiger charge is -2.39. The van der Waals surface area contributed by atoms with E-state index in [1.165, 1.54) is 0 Å². The lowest BCUT2D eigenvalue weighted by Crippen LogP contribution is -2.62. The van der Waals surface area contributed by atoms with E-state index < -0.39 is 53.2 Å². The second-order valence-electron chi connectivity index (χ2n) is 19.1. The number of rotatable bonds is 11. The zero-order valence-corrected chi connectivity index (χ0v) is 33.1. The van der Waals surface area contributed by atoms with Gasteiger partial charge in [-0.1, -0.05) is 79.6 Å². The maximum atomic E-state index is 14.9. The zero-order chi connectivity index (χ0) is 38.5. The molecule has 0 aromatic heterocycles. The van der Waals surface area contributed by atoms with Crippen molar-refractivity contribution in [3.63, 3.8) is 0 Å². The van der Waals surface area contributed by atoms with Crippen LogP contribution in [-0.4, -0.2) is 114 Å². The number of nitrogens with zero attached hydrogens (tertiary/aromatic N) is 3. The van der Waals surface area contributed by atoms with Crippen molar-refractivity contribution >= 4 is 35.4 Å². The Labute approximate surface area is 315 Å². The van der Waals surface area contributed by atoms with Crippen LogP contribution in [0.5, 0.6) is 0 Å². The topological polar surface area (TPSA) is 174 Å². The summed E-state index contributed by atoms with van der Waals surface area (Å²) in [6, 6.07) is -4.18. The van der Waals surface area contributed by atoms with Crippen molar-refractivity contribution in [1.29, 1.82) is 0 Å². The second-order valence-corrected chi connectivity index (χ2v) is 19.1. The summed E-state index contributed by atoms with van der Waals surface area (Å²) in [6.45, 7) is 13.3. The van der Waals surface area contributed by atoms with Crippen LogP contribution in [0.25, 0.3) is 0 Å². The van der Waals surface area contributed by atoms with Crippen LogP contribution in [0.3, 0.4) is 0 Å². The van der Waals surface area contributed by atoms with Gasteiger partial charge in [-0.15, -0.1) is 0 Å². The normalized spacial score (nSPS) is 28.7. The van der Waals surface area contributed by atoms with Gasteiger partial charge < -0.3 is 36.4 Å². The van der Waals surface area contributed by atoms with Crippen molar-refractivity contribution in [1.82, 2.24) is 30.7 Å². The largest absolute Gasteiger partial charge is 0.363 e. The first-order chi connectivity index (χ1) is 24.9. The Balaban J connectivity index is 1.23. The number of nitrogens with two attached hydrogens (primary N) is 1. The van der Waals surface area contributed by atoms with Crippen LogP contribution < -0.4 is 21.7 Å². The predicted octanol–water partition coefficient (Wildman–Crippen LogP) is 2.95. The van der Waals surface area contributed by atoms with Gasteiger partial charge in [0.05, 0.1) is 6.04 Å². The van der Waals surface area contributed by atoms with Gasteiger partial charge in [-0.05, 0) is 73.7 Å². The molecular formula is C40H65N7O6. The first-order valence-electron chi connectivity index (χ1n) is 20.4. The smallest absolute Gasteiger partial charge is 0.316 e. The van der Waals surface area contributed by atoms with E-state index in [0.717, 1.165) is 83.7 Å². The highest BCUT2D eigenvalue weighted by Gasteiger charge is 2.85. The molecule has 6 fully saturated rings. The molecule has 53 heavy (non-hydrogen) atoms. The van der Waals surface area contributed by atoms with Gasteiger partial charge in [0.15, 0.2) is 0 Å². The van der Waals surface area contributed by atoms with E-state index in [-0.39, 0.29) is 39.9 Å². The monoisotopic (exact) mass is 739 g/mol. The Morgan fingerprint density at radius 1 is 0.792 bits per heavy atom. The molecule has 2 spiro atoms. The van der Waals surface area contributed by atoms with Gasteiger partial charge in [0.25, 0.3) is 5.91 Å². The number of primary amides is 1. The van der Waals surface area contributed by atoms with Crippen LogP contribution in [0, 0.1) is 33.5 Å². The number of amides is 6. The summed E-state index contributed by atoms with van der Waals surface area (Å²) in [5.41, 5.74) is 4.34.